The van der Waals surface area contributed by atoms with E-state index in [2.05, 4.69) is 15.3 Å². The molecule has 0 bridgehead atoms. The fourth-order valence-corrected chi connectivity index (χ4v) is 3.94. The van der Waals surface area contributed by atoms with E-state index in [-0.39, 0.29) is 22.5 Å². The van der Waals surface area contributed by atoms with Gasteiger partial charge in [0.15, 0.2) is 5.82 Å². The molecule has 2 fully saturated rings. The van der Waals surface area contributed by atoms with Gasteiger partial charge in [-0.05, 0) is 12.8 Å². The summed E-state index contributed by atoms with van der Waals surface area (Å²) in [5.41, 5.74) is 0.255. The fraction of sp³-hybridized carbons (Fsp3) is 0.389. The normalized spacial score (nSPS) is 17.7. The van der Waals surface area contributed by atoms with Gasteiger partial charge in [0.05, 0.1) is 22.7 Å². The quantitative estimate of drug-likeness (QED) is 0.644. The number of aromatic carboxylic acids is 1. The molecule has 1 saturated carbocycles. The topological polar surface area (TPSA) is 103 Å². The van der Waals surface area contributed by atoms with Crippen LogP contribution in [0.25, 0.3) is 21.9 Å². The van der Waals surface area contributed by atoms with Gasteiger partial charge in [-0.3, -0.25) is 4.79 Å². The number of carboxylic acids is 1. The minimum Gasteiger partial charge on any atom is -0.477 e. The number of aromatic nitrogens is 3. The van der Waals surface area contributed by atoms with E-state index >= 15 is 4.39 Å². The van der Waals surface area contributed by atoms with Crippen LogP contribution in [-0.4, -0.2) is 51.8 Å². The predicted octanol–water partition coefficient (Wildman–Crippen LogP) is 1.46. The molecule has 140 valence electrons. The monoisotopic (exact) mass is 371 g/mol. The van der Waals surface area contributed by atoms with Crippen LogP contribution in [0.15, 0.2) is 17.3 Å². The molecule has 0 spiro atoms. The zero-order valence-corrected chi connectivity index (χ0v) is 14.5. The highest BCUT2D eigenvalue weighted by Crippen LogP contribution is 2.41. The molecule has 8 nitrogen and oxygen atoms in total. The summed E-state index contributed by atoms with van der Waals surface area (Å²) in [4.78, 5) is 33.6. The average Bonchev–Trinajstić information content (AvgIpc) is 3.40. The highest BCUT2D eigenvalue weighted by molar-refractivity contribution is 6.10. The molecular weight excluding hydrogens is 353 g/mol. The predicted molar refractivity (Wildman–Crippen MR) is 98.1 cm³/mol. The van der Waals surface area contributed by atoms with E-state index in [1.807, 2.05) is 4.90 Å². The second-order valence-corrected chi connectivity index (χ2v) is 7.06. The number of rotatable bonds is 3. The number of hydrogen-bond donors (Lipinski definition) is 3. The van der Waals surface area contributed by atoms with Gasteiger partial charge in [-0.1, -0.05) is 0 Å². The summed E-state index contributed by atoms with van der Waals surface area (Å²) in [5, 5.41) is 12.7. The van der Waals surface area contributed by atoms with E-state index in [1.54, 1.807) is 4.57 Å². The van der Waals surface area contributed by atoms with Crippen LogP contribution in [0.2, 0.25) is 0 Å². The Kier molecular flexibility index (Phi) is 3.48. The third kappa shape index (κ3) is 2.34. The number of anilines is 1. The number of fused-ring (bicyclic) bond motifs is 3. The fourth-order valence-electron chi connectivity index (χ4n) is 3.94. The lowest BCUT2D eigenvalue weighted by Crippen LogP contribution is -2.44. The highest BCUT2D eigenvalue weighted by Gasteiger charge is 2.32. The summed E-state index contributed by atoms with van der Waals surface area (Å²) >= 11 is 0. The minimum absolute atomic E-state index is 0.00737. The number of aromatic amines is 1. The molecule has 2 aliphatic rings. The third-order valence-electron chi connectivity index (χ3n) is 5.37. The van der Waals surface area contributed by atoms with Crippen molar-refractivity contribution in [2.24, 2.45) is 0 Å². The Labute approximate surface area is 152 Å². The third-order valence-corrected chi connectivity index (χ3v) is 5.37. The lowest BCUT2D eigenvalue weighted by atomic mass is 10.1. The van der Waals surface area contributed by atoms with Crippen LogP contribution >= 0.6 is 0 Å². The average molecular weight is 371 g/mol. The number of benzene rings is 1. The number of nitrogens with one attached hydrogen (secondary N) is 2. The van der Waals surface area contributed by atoms with E-state index in [1.165, 1.54) is 12.5 Å². The molecule has 1 aromatic carbocycles. The molecule has 5 rings (SSSR count). The first kappa shape index (κ1) is 16.2. The molecule has 1 aliphatic carbocycles. The number of halogens is 1. The minimum atomic E-state index is -1.31. The lowest BCUT2D eigenvalue weighted by Gasteiger charge is -2.30. The maximum Gasteiger partial charge on any atom is 0.341 e. The number of pyridine rings is 1. The molecule has 3 aromatic rings. The van der Waals surface area contributed by atoms with E-state index in [0.29, 0.717) is 29.8 Å². The molecule has 3 N–H and O–H groups in total. The molecule has 0 amide bonds. The highest BCUT2D eigenvalue weighted by atomic mass is 19.1. The Morgan fingerprint density at radius 2 is 2.04 bits per heavy atom. The van der Waals surface area contributed by atoms with Gasteiger partial charge in [0.1, 0.15) is 16.8 Å². The zero-order chi connectivity index (χ0) is 18.7. The maximum atomic E-state index is 15.8. The van der Waals surface area contributed by atoms with Crippen LogP contribution in [0.5, 0.6) is 0 Å². The Hall–Kier alpha value is -2.94. The molecular formula is C18H18FN5O3. The van der Waals surface area contributed by atoms with Crippen LogP contribution < -0.4 is 15.6 Å². The van der Waals surface area contributed by atoms with Crippen molar-refractivity contribution >= 4 is 33.6 Å². The number of piperazine rings is 1. The van der Waals surface area contributed by atoms with Crippen molar-refractivity contribution in [2.75, 3.05) is 31.1 Å². The van der Waals surface area contributed by atoms with Crippen molar-refractivity contribution in [3.8, 4) is 0 Å². The lowest BCUT2D eigenvalue weighted by molar-refractivity contribution is 0.0695. The smallest absolute Gasteiger partial charge is 0.341 e. The molecule has 0 atom stereocenters. The van der Waals surface area contributed by atoms with Gasteiger partial charge in [0.25, 0.3) is 0 Å². The molecule has 3 heterocycles. The second-order valence-electron chi connectivity index (χ2n) is 7.06. The molecule has 9 heteroatoms. The number of nitrogens with zero attached hydrogens (tertiary/aromatic N) is 3. The second kappa shape index (κ2) is 5.78. The van der Waals surface area contributed by atoms with Crippen LogP contribution in [0.1, 0.15) is 29.2 Å². The van der Waals surface area contributed by atoms with Crippen LogP contribution in [0, 0.1) is 5.82 Å². The standard InChI is InChI=1S/C18H18FN5O3/c19-12-15-11(17(25)10(18(26)27)7-24(15)9-1-2-9)13-14(22-8-21-13)16(12)23-5-3-20-4-6-23/h7-9,20H,1-6H2,(H,21,22)(H,26,27). The Balaban J connectivity index is 1.93. The number of carboxylic acid groups (broad SMARTS) is 1. The maximum absolute atomic E-state index is 15.8. The Bertz CT molecular complexity index is 1140. The number of carbonyl (C=O) groups is 1. The molecule has 0 unspecified atom stereocenters. The van der Waals surface area contributed by atoms with Crippen molar-refractivity contribution in [2.45, 2.75) is 18.9 Å². The molecule has 1 saturated heterocycles. The van der Waals surface area contributed by atoms with E-state index in [4.69, 9.17) is 0 Å². The SMILES string of the molecule is O=C(O)c1cn(C2CC2)c2c(F)c(N3CCNCC3)c3[nH]cnc3c2c1=O. The summed E-state index contributed by atoms with van der Waals surface area (Å²) in [7, 11) is 0. The molecule has 27 heavy (non-hydrogen) atoms. The van der Waals surface area contributed by atoms with Gasteiger partial charge in [-0.15, -0.1) is 0 Å². The summed E-state index contributed by atoms with van der Waals surface area (Å²) in [5.74, 6) is -1.81. The van der Waals surface area contributed by atoms with Gasteiger partial charge < -0.3 is 24.9 Å². The number of imidazole rings is 1. The van der Waals surface area contributed by atoms with Gasteiger partial charge in [0, 0.05) is 38.4 Å². The molecule has 1 aliphatic heterocycles. The van der Waals surface area contributed by atoms with Crippen molar-refractivity contribution in [1.82, 2.24) is 19.9 Å². The number of H-pyrrole nitrogens is 1. The van der Waals surface area contributed by atoms with Crippen LogP contribution in [0.4, 0.5) is 10.1 Å². The van der Waals surface area contributed by atoms with Crippen LogP contribution in [0.3, 0.4) is 0 Å². The first-order valence-corrected chi connectivity index (χ1v) is 9.00. The van der Waals surface area contributed by atoms with E-state index in [9.17, 15) is 14.7 Å². The summed E-state index contributed by atoms with van der Waals surface area (Å²) < 4.78 is 17.4. The Morgan fingerprint density at radius 3 is 2.70 bits per heavy atom. The van der Waals surface area contributed by atoms with E-state index in [0.717, 1.165) is 25.9 Å². The summed E-state index contributed by atoms with van der Waals surface area (Å²) in [6.07, 6.45) is 4.37. The molecule has 2 aromatic heterocycles. The Morgan fingerprint density at radius 1 is 1.30 bits per heavy atom. The van der Waals surface area contributed by atoms with Crippen molar-refractivity contribution in [3.63, 3.8) is 0 Å². The van der Waals surface area contributed by atoms with Gasteiger partial charge in [0.2, 0.25) is 5.43 Å². The number of hydrogen-bond acceptors (Lipinski definition) is 5. The zero-order valence-electron chi connectivity index (χ0n) is 14.5. The summed E-state index contributed by atoms with van der Waals surface area (Å²) in [6.45, 7) is 2.75. The van der Waals surface area contributed by atoms with Gasteiger partial charge in [-0.2, -0.15) is 0 Å². The van der Waals surface area contributed by atoms with Crippen molar-refractivity contribution < 1.29 is 14.3 Å². The van der Waals surface area contributed by atoms with Crippen molar-refractivity contribution in [3.05, 3.63) is 34.1 Å². The van der Waals surface area contributed by atoms with Gasteiger partial charge in [-0.25, -0.2) is 14.2 Å². The summed E-state index contributed by atoms with van der Waals surface area (Å²) in [6, 6.07) is 0.00737. The first-order chi connectivity index (χ1) is 13.1. The van der Waals surface area contributed by atoms with Crippen LogP contribution in [-0.2, 0) is 0 Å². The van der Waals surface area contributed by atoms with Crippen molar-refractivity contribution in [1.29, 1.82) is 0 Å². The first-order valence-electron chi connectivity index (χ1n) is 9.00. The largest absolute Gasteiger partial charge is 0.477 e. The molecule has 0 radical (unpaired) electrons. The van der Waals surface area contributed by atoms with Gasteiger partial charge >= 0.3 is 5.97 Å². The van der Waals surface area contributed by atoms with E-state index < -0.39 is 17.2 Å².